The van der Waals surface area contributed by atoms with Gasteiger partial charge in [-0.05, 0) is 73.5 Å². The number of aromatic nitrogens is 4. The Hall–Kier alpha value is -3.21. The normalized spacial score (nSPS) is 22.2. The first kappa shape index (κ1) is 22.3. The Kier molecular flexibility index (Phi) is 5.21. The van der Waals surface area contributed by atoms with Gasteiger partial charge in [0.15, 0.2) is 5.65 Å². The third kappa shape index (κ3) is 4.01. The van der Waals surface area contributed by atoms with E-state index in [2.05, 4.69) is 30.7 Å². The van der Waals surface area contributed by atoms with Gasteiger partial charge in [0.2, 0.25) is 5.95 Å². The number of hydrogen-bond acceptors (Lipinski definition) is 6. The molecule has 1 saturated carbocycles. The average Bonchev–Trinajstić information content (AvgIpc) is 3.48. The van der Waals surface area contributed by atoms with Crippen molar-refractivity contribution in [3.63, 3.8) is 0 Å². The summed E-state index contributed by atoms with van der Waals surface area (Å²) in [5.74, 6) is 0.368. The maximum Gasteiger partial charge on any atom is 0.416 e. The molecule has 6 nitrogen and oxygen atoms in total. The maximum atomic E-state index is 14.7. The van der Waals surface area contributed by atoms with Crippen LogP contribution in [0.15, 0.2) is 42.6 Å². The monoisotopic (exact) mass is 502 g/mol. The van der Waals surface area contributed by atoms with Crippen LogP contribution in [-0.2, 0) is 6.18 Å². The van der Waals surface area contributed by atoms with Gasteiger partial charge in [-0.15, -0.1) is 5.10 Å². The Bertz CT molecular complexity index is 1380. The highest BCUT2D eigenvalue weighted by Crippen LogP contribution is 2.41. The van der Waals surface area contributed by atoms with Gasteiger partial charge in [-0.1, -0.05) is 6.07 Å². The highest BCUT2D eigenvalue weighted by atomic mass is 32.1. The number of rotatable bonds is 4. The second kappa shape index (κ2) is 8.18. The lowest BCUT2D eigenvalue weighted by Crippen LogP contribution is -2.48. The van der Waals surface area contributed by atoms with Crippen molar-refractivity contribution in [1.82, 2.24) is 19.0 Å². The van der Waals surface area contributed by atoms with Crippen LogP contribution in [-0.4, -0.2) is 38.1 Å². The lowest BCUT2D eigenvalue weighted by atomic mass is 9.92. The Morgan fingerprint density at radius 1 is 1.06 bits per heavy atom. The second-order valence-electron chi connectivity index (χ2n) is 9.30. The zero-order chi connectivity index (χ0) is 24.3. The van der Waals surface area contributed by atoms with Gasteiger partial charge in [0.05, 0.1) is 11.3 Å². The Labute approximate surface area is 202 Å². The van der Waals surface area contributed by atoms with Crippen LogP contribution in [0.3, 0.4) is 0 Å². The van der Waals surface area contributed by atoms with Crippen LogP contribution in [0.4, 0.5) is 28.5 Å². The number of fused-ring (bicyclic) bond motifs is 3. The molecule has 1 saturated heterocycles. The van der Waals surface area contributed by atoms with Gasteiger partial charge in [-0.2, -0.15) is 22.5 Å². The summed E-state index contributed by atoms with van der Waals surface area (Å²) >= 11 is 1.53. The first-order valence-corrected chi connectivity index (χ1v) is 12.2. The molecule has 2 unspecified atom stereocenters. The summed E-state index contributed by atoms with van der Waals surface area (Å²) in [7, 11) is 0. The Morgan fingerprint density at radius 2 is 1.83 bits per heavy atom. The van der Waals surface area contributed by atoms with Crippen molar-refractivity contribution < 1.29 is 17.6 Å². The van der Waals surface area contributed by atoms with Crippen LogP contribution in [0, 0.1) is 24.6 Å². The Morgan fingerprint density at radius 3 is 2.49 bits per heavy atom. The largest absolute Gasteiger partial charge is 0.416 e. The van der Waals surface area contributed by atoms with E-state index < -0.39 is 17.6 Å². The van der Waals surface area contributed by atoms with E-state index >= 15 is 0 Å². The number of benzene rings is 1. The number of aryl methyl sites for hydroxylation is 1. The highest BCUT2D eigenvalue weighted by Gasteiger charge is 2.43. The topological polar surface area (TPSA) is 58.4 Å². The van der Waals surface area contributed by atoms with Crippen LogP contribution in [0.5, 0.6) is 0 Å². The highest BCUT2D eigenvalue weighted by molar-refractivity contribution is 7.10. The van der Waals surface area contributed by atoms with Gasteiger partial charge in [0.25, 0.3) is 0 Å². The fourth-order valence-electron chi connectivity index (χ4n) is 5.37. The van der Waals surface area contributed by atoms with Crippen molar-refractivity contribution in [2.45, 2.75) is 32.0 Å². The molecule has 1 N–H and O–H groups in total. The summed E-state index contributed by atoms with van der Waals surface area (Å²) in [5, 5.41) is 9.24. The van der Waals surface area contributed by atoms with Crippen LogP contribution in [0.25, 0.3) is 16.8 Å². The van der Waals surface area contributed by atoms with E-state index in [4.69, 9.17) is 0 Å². The molecule has 2 aliphatic rings. The van der Waals surface area contributed by atoms with E-state index in [0.29, 0.717) is 35.1 Å². The van der Waals surface area contributed by atoms with Gasteiger partial charge in [0.1, 0.15) is 10.8 Å². The molecule has 0 radical (unpaired) electrons. The minimum Gasteiger partial charge on any atom is -0.361 e. The van der Waals surface area contributed by atoms with E-state index in [-0.39, 0.29) is 11.6 Å². The summed E-state index contributed by atoms with van der Waals surface area (Å²) in [5.41, 5.74) is 0.837. The molecule has 11 heteroatoms. The van der Waals surface area contributed by atoms with E-state index in [1.165, 1.54) is 21.0 Å². The molecule has 182 valence electrons. The number of alkyl halides is 3. The van der Waals surface area contributed by atoms with Crippen LogP contribution in [0.2, 0.25) is 0 Å². The molecule has 4 heterocycles. The van der Waals surface area contributed by atoms with Crippen molar-refractivity contribution in [2.75, 3.05) is 23.3 Å². The van der Waals surface area contributed by atoms with Gasteiger partial charge in [-0.25, -0.2) is 8.91 Å². The molecule has 2 fully saturated rings. The van der Waals surface area contributed by atoms with Crippen LogP contribution >= 0.6 is 11.5 Å². The first-order chi connectivity index (χ1) is 16.8. The standard InChI is InChI=1S/C24H22F4N6S/c1-13-9-20(35-32-13)33-11-14-4-5-15(12-33)21(14)29-23-30-22-18(3-2-8-34(22)31-23)17-7-6-16(10-19(17)25)24(26,27)28/h2-3,6-10,14-15,21H,4-5,11-12H2,1H3,(H,29,31). The van der Waals surface area contributed by atoms with E-state index in [1.807, 2.05) is 6.92 Å². The molecule has 35 heavy (non-hydrogen) atoms. The third-order valence-electron chi connectivity index (χ3n) is 7.01. The molecule has 6 rings (SSSR count). The fourth-order valence-corrected chi connectivity index (χ4v) is 6.15. The van der Waals surface area contributed by atoms with Gasteiger partial charge in [0, 0.05) is 36.5 Å². The average molecular weight is 503 g/mol. The molecule has 4 aromatic rings. The number of nitrogens with one attached hydrogen (secondary N) is 1. The summed E-state index contributed by atoms with van der Waals surface area (Å²) in [6.45, 7) is 3.87. The zero-order valence-electron chi connectivity index (χ0n) is 18.8. The van der Waals surface area contributed by atoms with Crippen LogP contribution in [0.1, 0.15) is 24.1 Å². The van der Waals surface area contributed by atoms with Gasteiger partial charge >= 0.3 is 6.18 Å². The first-order valence-electron chi connectivity index (χ1n) is 11.4. The maximum absolute atomic E-state index is 14.7. The molecule has 1 aliphatic carbocycles. The molecule has 1 aromatic carbocycles. The predicted octanol–water partition coefficient (Wildman–Crippen LogP) is 5.65. The summed E-state index contributed by atoms with van der Waals surface area (Å²) in [6.07, 6.45) is -0.675. The SMILES string of the molecule is Cc1cc(N2CC3CCC(C2)C3Nc2nc3c(-c4ccc(C(F)(F)F)cc4F)cccn3n2)sn1. The van der Waals surface area contributed by atoms with Crippen molar-refractivity contribution in [3.05, 3.63) is 59.7 Å². The minimum atomic E-state index is -4.61. The van der Waals surface area contributed by atoms with E-state index in [1.54, 1.807) is 18.3 Å². The quantitative estimate of drug-likeness (QED) is 0.366. The second-order valence-corrected chi connectivity index (χ2v) is 10.1. The molecule has 1 aliphatic heterocycles. The lowest BCUT2D eigenvalue weighted by Gasteiger charge is -2.38. The van der Waals surface area contributed by atoms with Gasteiger partial charge < -0.3 is 10.2 Å². The Balaban J connectivity index is 1.26. The number of halogens is 4. The van der Waals surface area contributed by atoms with Crippen molar-refractivity contribution >= 4 is 28.1 Å². The molecular formula is C24H22F4N6S. The smallest absolute Gasteiger partial charge is 0.361 e. The van der Waals surface area contributed by atoms with Crippen molar-refractivity contribution in [2.24, 2.45) is 11.8 Å². The lowest BCUT2D eigenvalue weighted by molar-refractivity contribution is -0.137. The molecule has 0 spiro atoms. The molecule has 3 aromatic heterocycles. The third-order valence-corrected chi connectivity index (χ3v) is 7.95. The molecule has 2 atom stereocenters. The summed E-state index contributed by atoms with van der Waals surface area (Å²) in [6, 6.07) is 8.22. The van der Waals surface area contributed by atoms with Crippen molar-refractivity contribution in [3.8, 4) is 11.1 Å². The molecular weight excluding hydrogens is 480 g/mol. The zero-order valence-corrected chi connectivity index (χ0v) is 19.6. The number of piperidine rings is 1. The summed E-state index contributed by atoms with van der Waals surface area (Å²) < 4.78 is 59.5. The number of hydrogen-bond donors (Lipinski definition) is 1. The fraction of sp³-hybridized carbons (Fsp3) is 0.375. The van der Waals surface area contributed by atoms with E-state index in [9.17, 15) is 17.6 Å². The van der Waals surface area contributed by atoms with Crippen LogP contribution < -0.4 is 10.2 Å². The number of nitrogens with zero attached hydrogens (tertiary/aromatic N) is 5. The van der Waals surface area contributed by atoms with Crippen molar-refractivity contribution in [1.29, 1.82) is 0 Å². The number of pyridine rings is 1. The minimum absolute atomic E-state index is 0.0516. The number of anilines is 2. The predicted molar refractivity (Wildman–Crippen MR) is 126 cm³/mol. The summed E-state index contributed by atoms with van der Waals surface area (Å²) in [4.78, 5) is 7.01. The molecule has 2 bridgehead atoms. The van der Waals surface area contributed by atoms with Gasteiger partial charge in [-0.3, -0.25) is 0 Å². The van der Waals surface area contributed by atoms with E-state index in [0.717, 1.165) is 43.8 Å². The molecule has 0 amide bonds.